The first kappa shape index (κ1) is 24.1. The van der Waals surface area contributed by atoms with Crippen molar-refractivity contribution in [3.8, 4) is 0 Å². The number of carbonyl (C=O) groups is 1. The third-order valence-electron chi connectivity index (χ3n) is 4.47. The van der Waals surface area contributed by atoms with Gasteiger partial charge in [-0.25, -0.2) is 0 Å². The van der Waals surface area contributed by atoms with E-state index in [1.54, 1.807) is 18.4 Å². The standard InChI is InChI=1S/C18H31N5O2S.HI/c1-15(16-5-4-12-26-16)13-21-18(19-2)23-9-7-22(8-10-23)14-17(24)20-6-11-25-3;/h4-5,12,15H,6-11,13-14H2,1-3H3,(H,19,21)(H,20,24);1H. The highest BCUT2D eigenvalue weighted by Gasteiger charge is 2.21. The number of halogens is 1. The van der Waals surface area contributed by atoms with Crippen molar-refractivity contribution in [2.24, 2.45) is 4.99 Å². The molecule has 27 heavy (non-hydrogen) atoms. The maximum absolute atomic E-state index is 11.9. The lowest BCUT2D eigenvalue weighted by Gasteiger charge is -2.36. The summed E-state index contributed by atoms with van der Waals surface area (Å²) in [5.41, 5.74) is 0. The second-order valence-corrected chi connectivity index (χ2v) is 7.43. The highest BCUT2D eigenvalue weighted by Crippen LogP contribution is 2.19. The Bertz CT molecular complexity index is 562. The summed E-state index contributed by atoms with van der Waals surface area (Å²) in [7, 11) is 3.46. The van der Waals surface area contributed by atoms with Crippen LogP contribution in [0.5, 0.6) is 0 Å². The molecule has 1 aliphatic heterocycles. The van der Waals surface area contributed by atoms with Crippen molar-refractivity contribution in [1.29, 1.82) is 0 Å². The molecule has 9 heteroatoms. The first-order chi connectivity index (χ1) is 12.6. The molecular weight excluding hydrogens is 477 g/mol. The van der Waals surface area contributed by atoms with Gasteiger partial charge < -0.3 is 20.3 Å². The number of nitrogens with one attached hydrogen (secondary N) is 2. The molecule has 0 saturated carbocycles. The van der Waals surface area contributed by atoms with Crippen molar-refractivity contribution >= 4 is 47.2 Å². The predicted octanol–water partition coefficient (Wildman–Crippen LogP) is 1.43. The van der Waals surface area contributed by atoms with E-state index in [0.717, 1.165) is 38.7 Å². The van der Waals surface area contributed by atoms with Crippen LogP contribution in [0.2, 0.25) is 0 Å². The van der Waals surface area contributed by atoms with Gasteiger partial charge in [0.25, 0.3) is 0 Å². The van der Waals surface area contributed by atoms with E-state index in [-0.39, 0.29) is 29.9 Å². The van der Waals surface area contributed by atoms with Crippen molar-refractivity contribution in [1.82, 2.24) is 20.4 Å². The Kier molecular flexibility index (Phi) is 11.9. The van der Waals surface area contributed by atoms with Crippen molar-refractivity contribution in [3.63, 3.8) is 0 Å². The summed E-state index contributed by atoms with van der Waals surface area (Å²) in [6, 6.07) is 4.27. The summed E-state index contributed by atoms with van der Waals surface area (Å²) in [6.07, 6.45) is 0. The average molecular weight is 509 g/mol. The number of nitrogens with zero attached hydrogens (tertiary/aromatic N) is 3. The van der Waals surface area contributed by atoms with Crippen LogP contribution in [0.25, 0.3) is 0 Å². The summed E-state index contributed by atoms with van der Waals surface area (Å²) in [5, 5.41) is 8.47. The van der Waals surface area contributed by atoms with Crippen LogP contribution in [-0.4, -0.2) is 88.2 Å². The van der Waals surface area contributed by atoms with Gasteiger partial charge in [0.1, 0.15) is 0 Å². The van der Waals surface area contributed by atoms with Crippen molar-refractivity contribution in [3.05, 3.63) is 22.4 Å². The molecule has 0 aromatic carbocycles. The Labute approximate surface area is 183 Å². The van der Waals surface area contributed by atoms with Gasteiger partial charge in [-0.3, -0.25) is 14.7 Å². The Morgan fingerprint density at radius 2 is 2.07 bits per heavy atom. The van der Waals surface area contributed by atoms with E-state index in [1.807, 2.05) is 7.05 Å². The van der Waals surface area contributed by atoms with Crippen LogP contribution in [0.4, 0.5) is 0 Å². The molecular formula is C18H32IN5O2S. The van der Waals surface area contributed by atoms with Gasteiger partial charge in [0.05, 0.1) is 13.2 Å². The number of methoxy groups -OCH3 is 1. The summed E-state index contributed by atoms with van der Waals surface area (Å²) in [6.45, 7) is 8.12. The molecule has 1 amide bonds. The lowest BCUT2D eigenvalue weighted by Crippen LogP contribution is -2.54. The Balaban J connectivity index is 0.00000364. The Morgan fingerprint density at radius 3 is 2.67 bits per heavy atom. The molecule has 0 aliphatic carbocycles. The second-order valence-electron chi connectivity index (χ2n) is 6.45. The molecule has 0 radical (unpaired) electrons. The van der Waals surface area contributed by atoms with E-state index in [9.17, 15) is 4.79 Å². The third kappa shape index (κ3) is 8.32. The van der Waals surface area contributed by atoms with E-state index in [1.165, 1.54) is 4.88 Å². The monoisotopic (exact) mass is 509 g/mol. The largest absolute Gasteiger partial charge is 0.383 e. The highest BCUT2D eigenvalue weighted by molar-refractivity contribution is 14.0. The van der Waals surface area contributed by atoms with Gasteiger partial charge in [-0.2, -0.15) is 0 Å². The van der Waals surface area contributed by atoms with Gasteiger partial charge in [0, 0.05) is 64.2 Å². The first-order valence-electron chi connectivity index (χ1n) is 9.11. The zero-order chi connectivity index (χ0) is 18.8. The van der Waals surface area contributed by atoms with Gasteiger partial charge in [0.2, 0.25) is 5.91 Å². The smallest absolute Gasteiger partial charge is 0.234 e. The Morgan fingerprint density at radius 1 is 1.33 bits per heavy atom. The number of ether oxygens (including phenoxy) is 1. The zero-order valence-electron chi connectivity index (χ0n) is 16.4. The number of guanidine groups is 1. The SMILES string of the molecule is CN=C(NCC(C)c1cccs1)N1CCN(CC(=O)NCCOC)CC1.I. The molecule has 2 rings (SSSR count). The van der Waals surface area contributed by atoms with Gasteiger partial charge in [-0.05, 0) is 11.4 Å². The minimum atomic E-state index is 0. The number of rotatable bonds is 8. The lowest BCUT2D eigenvalue weighted by atomic mass is 10.1. The minimum absolute atomic E-state index is 0. The van der Waals surface area contributed by atoms with E-state index in [4.69, 9.17) is 4.74 Å². The second kappa shape index (κ2) is 13.3. The molecule has 1 unspecified atom stereocenters. The van der Waals surface area contributed by atoms with Crippen molar-refractivity contribution in [2.45, 2.75) is 12.8 Å². The van der Waals surface area contributed by atoms with Crippen LogP contribution < -0.4 is 10.6 Å². The topological polar surface area (TPSA) is 69.2 Å². The number of piperazine rings is 1. The molecule has 0 spiro atoms. The molecule has 0 bridgehead atoms. The van der Waals surface area contributed by atoms with Crippen molar-refractivity contribution < 1.29 is 9.53 Å². The van der Waals surface area contributed by atoms with Gasteiger partial charge >= 0.3 is 0 Å². The minimum Gasteiger partial charge on any atom is -0.383 e. The summed E-state index contributed by atoms with van der Waals surface area (Å²) >= 11 is 1.79. The molecule has 7 nitrogen and oxygen atoms in total. The van der Waals surface area contributed by atoms with E-state index in [2.05, 4.69) is 49.9 Å². The fourth-order valence-electron chi connectivity index (χ4n) is 2.92. The first-order valence-corrected chi connectivity index (χ1v) is 9.99. The molecule has 1 saturated heterocycles. The maximum Gasteiger partial charge on any atom is 0.234 e. The van der Waals surface area contributed by atoms with Crippen molar-refractivity contribution in [2.75, 3.05) is 66.6 Å². The third-order valence-corrected chi connectivity index (χ3v) is 5.58. The van der Waals surface area contributed by atoms with E-state index >= 15 is 0 Å². The molecule has 1 aromatic heterocycles. The molecule has 154 valence electrons. The highest BCUT2D eigenvalue weighted by atomic mass is 127. The normalized spacial score (nSPS) is 16.6. The van der Waals surface area contributed by atoms with Crippen LogP contribution in [0, 0.1) is 0 Å². The number of hydrogen-bond donors (Lipinski definition) is 2. The fourth-order valence-corrected chi connectivity index (χ4v) is 3.71. The van der Waals surface area contributed by atoms with Crippen LogP contribution in [-0.2, 0) is 9.53 Å². The molecule has 1 aromatic rings. The van der Waals surface area contributed by atoms with Crippen LogP contribution >= 0.6 is 35.3 Å². The molecule has 2 N–H and O–H groups in total. The van der Waals surface area contributed by atoms with Gasteiger partial charge in [-0.15, -0.1) is 35.3 Å². The van der Waals surface area contributed by atoms with E-state index < -0.39 is 0 Å². The molecule has 1 atom stereocenters. The molecule has 1 fully saturated rings. The number of thiophene rings is 1. The summed E-state index contributed by atoms with van der Waals surface area (Å²) in [5.74, 6) is 1.46. The Hall–Kier alpha value is -0.910. The van der Waals surface area contributed by atoms with Gasteiger partial charge in [-0.1, -0.05) is 13.0 Å². The molecule has 2 heterocycles. The summed E-state index contributed by atoms with van der Waals surface area (Å²) < 4.78 is 4.94. The number of amides is 1. The average Bonchev–Trinajstić information content (AvgIpc) is 3.18. The van der Waals surface area contributed by atoms with Crippen LogP contribution in [0.1, 0.15) is 17.7 Å². The lowest BCUT2D eigenvalue weighted by molar-refractivity contribution is -0.122. The van der Waals surface area contributed by atoms with E-state index in [0.29, 0.717) is 25.6 Å². The van der Waals surface area contributed by atoms with Crippen LogP contribution in [0.15, 0.2) is 22.5 Å². The zero-order valence-corrected chi connectivity index (χ0v) is 19.6. The fraction of sp³-hybridized carbons (Fsp3) is 0.667. The predicted molar refractivity (Wildman–Crippen MR) is 122 cm³/mol. The van der Waals surface area contributed by atoms with Gasteiger partial charge in [0.15, 0.2) is 5.96 Å². The quantitative estimate of drug-likeness (QED) is 0.240. The maximum atomic E-state index is 11.9. The number of aliphatic imine (C=N–C) groups is 1. The number of carbonyl (C=O) groups excluding carboxylic acids is 1. The van der Waals surface area contributed by atoms with Crippen LogP contribution in [0.3, 0.4) is 0 Å². The summed E-state index contributed by atoms with van der Waals surface area (Å²) in [4.78, 5) is 22.1. The number of hydrogen-bond acceptors (Lipinski definition) is 5. The molecule has 1 aliphatic rings.